The highest BCUT2D eigenvalue weighted by Gasteiger charge is 2.27. The van der Waals surface area contributed by atoms with E-state index in [4.69, 9.17) is 5.73 Å². The highest BCUT2D eigenvalue weighted by Crippen LogP contribution is 2.22. The van der Waals surface area contributed by atoms with E-state index in [2.05, 4.69) is 32.8 Å². The Morgan fingerprint density at radius 1 is 1.40 bits per heavy atom. The summed E-state index contributed by atoms with van der Waals surface area (Å²) in [6, 6.07) is 0.238. The average molecular weight is 278 g/mol. The Kier molecular flexibility index (Phi) is 4.18. The molecule has 1 aliphatic rings. The number of carbonyl (C=O) groups excluding carboxylic acids is 1. The second-order valence-electron chi connectivity index (χ2n) is 6.57. The van der Waals surface area contributed by atoms with Gasteiger partial charge in [-0.25, -0.2) is 0 Å². The zero-order valence-electron chi connectivity index (χ0n) is 13.0. The fourth-order valence-electron chi connectivity index (χ4n) is 2.74. The van der Waals surface area contributed by atoms with E-state index in [1.807, 2.05) is 9.58 Å². The molecule has 112 valence electrons. The first kappa shape index (κ1) is 15.0. The van der Waals surface area contributed by atoms with Crippen LogP contribution >= 0.6 is 0 Å². The van der Waals surface area contributed by atoms with Crippen molar-refractivity contribution >= 4 is 5.91 Å². The van der Waals surface area contributed by atoms with Crippen LogP contribution in [0.25, 0.3) is 0 Å². The fourth-order valence-corrected chi connectivity index (χ4v) is 2.74. The fraction of sp³-hybridized carbons (Fsp3) is 0.733. The predicted octanol–water partition coefficient (Wildman–Crippen LogP) is 1.76. The highest BCUT2D eigenvalue weighted by atomic mass is 16.2. The largest absolute Gasteiger partial charge is 0.338 e. The van der Waals surface area contributed by atoms with E-state index in [9.17, 15) is 4.79 Å². The number of rotatable bonds is 2. The van der Waals surface area contributed by atoms with Gasteiger partial charge in [-0.2, -0.15) is 5.10 Å². The number of hydrogen-bond acceptors (Lipinski definition) is 3. The Morgan fingerprint density at radius 2 is 2.00 bits per heavy atom. The van der Waals surface area contributed by atoms with Gasteiger partial charge in [-0.05, 0) is 40.0 Å². The third-order valence-electron chi connectivity index (χ3n) is 3.90. The zero-order valence-corrected chi connectivity index (χ0v) is 13.0. The first-order chi connectivity index (χ1) is 9.34. The molecule has 2 rings (SSSR count). The van der Waals surface area contributed by atoms with Crippen molar-refractivity contribution < 1.29 is 4.79 Å². The minimum Gasteiger partial charge on any atom is -0.338 e. The third-order valence-corrected chi connectivity index (χ3v) is 3.90. The average Bonchev–Trinajstić information content (AvgIpc) is 2.82. The molecule has 5 nitrogen and oxygen atoms in total. The Balaban J connectivity index is 2.24. The number of carbonyl (C=O) groups is 1. The van der Waals surface area contributed by atoms with Gasteiger partial charge in [0.1, 0.15) is 0 Å². The predicted molar refractivity (Wildman–Crippen MR) is 79.7 cm³/mol. The lowest BCUT2D eigenvalue weighted by atomic mass is 10.0. The number of likely N-dealkylation sites (tertiary alicyclic amines) is 1. The van der Waals surface area contributed by atoms with Gasteiger partial charge in [-0.3, -0.25) is 9.48 Å². The molecule has 5 heteroatoms. The summed E-state index contributed by atoms with van der Waals surface area (Å²) in [6.07, 6.45) is 4.31. The molecule has 0 aliphatic carbocycles. The van der Waals surface area contributed by atoms with Crippen molar-refractivity contribution in [3.05, 3.63) is 17.5 Å². The number of nitrogens with zero attached hydrogens (tertiary/aromatic N) is 3. The zero-order chi connectivity index (χ0) is 14.9. The molecule has 2 heterocycles. The maximum atomic E-state index is 12.7. The molecule has 1 aromatic rings. The minimum absolute atomic E-state index is 0.101. The number of piperidine rings is 1. The Bertz CT molecular complexity index is 479. The second kappa shape index (κ2) is 5.56. The van der Waals surface area contributed by atoms with Gasteiger partial charge in [0.05, 0.1) is 23.0 Å². The van der Waals surface area contributed by atoms with Gasteiger partial charge < -0.3 is 10.6 Å². The van der Waals surface area contributed by atoms with Crippen LogP contribution in [0.5, 0.6) is 0 Å². The molecule has 2 N–H and O–H groups in total. The molecule has 0 unspecified atom stereocenters. The minimum atomic E-state index is -0.103. The second-order valence-corrected chi connectivity index (χ2v) is 6.57. The molecule has 0 atom stereocenters. The van der Waals surface area contributed by atoms with Crippen molar-refractivity contribution in [1.82, 2.24) is 14.7 Å². The Hall–Kier alpha value is -1.36. The molecule has 1 aromatic heterocycles. The van der Waals surface area contributed by atoms with Gasteiger partial charge in [0.25, 0.3) is 5.91 Å². The van der Waals surface area contributed by atoms with Crippen LogP contribution < -0.4 is 5.73 Å². The summed E-state index contributed by atoms with van der Waals surface area (Å²) < 4.78 is 1.97. The topological polar surface area (TPSA) is 64.2 Å². The molecule has 1 aliphatic heterocycles. The lowest BCUT2D eigenvalue weighted by Gasteiger charge is -2.30. The molecule has 0 bridgehead atoms. The summed E-state index contributed by atoms with van der Waals surface area (Å²) in [5.41, 5.74) is 7.57. The summed E-state index contributed by atoms with van der Waals surface area (Å²) >= 11 is 0. The summed E-state index contributed by atoms with van der Waals surface area (Å²) in [7, 11) is 0. The van der Waals surface area contributed by atoms with Crippen LogP contribution in [0.15, 0.2) is 6.20 Å². The van der Waals surface area contributed by atoms with Gasteiger partial charge in [-0.15, -0.1) is 0 Å². The van der Waals surface area contributed by atoms with Crippen LogP contribution in [0, 0.1) is 0 Å². The maximum absolute atomic E-state index is 12.7. The molecular weight excluding hydrogens is 252 g/mol. The van der Waals surface area contributed by atoms with Gasteiger partial charge in [-0.1, -0.05) is 6.92 Å². The number of amides is 1. The third kappa shape index (κ3) is 2.87. The van der Waals surface area contributed by atoms with E-state index in [-0.39, 0.29) is 17.5 Å². The van der Waals surface area contributed by atoms with Crippen LogP contribution in [-0.2, 0) is 12.0 Å². The molecule has 0 spiro atoms. The Labute approximate surface area is 121 Å². The number of aromatic nitrogens is 2. The van der Waals surface area contributed by atoms with Crippen molar-refractivity contribution in [3.63, 3.8) is 0 Å². The SMILES string of the molecule is CCc1c(C(=O)N2CCC(N)CC2)cnn1C(C)(C)C. The van der Waals surface area contributed by atoms with E-state index in [1.165, 1.54) is 0 Å². The van der Waals surface area contributed by atoms with E-state index in [1.54, 1.807) is 6.20 Å². The molecule has 20 heavy (non-hydrogen) atoms. The molecule has 0 radical (unpaired) electrons. The van der Waals surface area contributed by atoms with Crippen molar-refractivity contribution in [2.75, 3.05) is 13.1 Å². The normalized spacial score (nSPS) is 17.6. The lowest BCUT2D eigenvalue weighted by Crippen LogP contribution is -2.43. The smallest absolute Gasteiger partial charge is 0.257 e. The molecule has 0 saturated carbocycles. The maximum Gasteiger partial charge on any atom is 0.257 e. The van der Waals surface area contributed by atoms with Gasteiger partial charge >= 0.3 is 0 Å². The van der Waals surface area contributed by atoms with Crippen LogP contribution in [-0.4, -0.2) is 39.7 Å². The summed E-state index contributed by atoms with van der Waals surface area (Å²) in [5.74, 6) is 0.101. The molecular formula is C15H26N4O. The standard InChI is InChI=1S/C15H26N4O/c1-5-13-12(10-17-19(13)15(2,3)4)14(20)18-8-6-11(16)7-9-18/h10-11H,5-9,16H2,1-4H3. The van der Waals surface area contributed by atoms with Crippen LogP contribution in [0.2, 0.25) is 0 Å². The molecule has 1 fully saturated rings. The highest BCUT2D eigenvalue weighted by molar-refractivity contribution is 5.95. The number of nitrogens with two attached hydrogens (primary N) is 1. The van der Waals surface area contributed by atoms with Crippen molar-refractivity contribution in [1.29, 1.82) is 0 Å². The Morgan fingerprint density at radius 3 is 2.50 bits per heavy atom. The van der Waals surface area contributed by atoms with E-state index >= 15 is 0 Å². The van der Waals surface area contributed by atoms with E-state index in [0.29, 0.717) is 0 Å². The molecule has 1 saturated heterocycles. The van der Waals surface area contributed by atoms with Crippen molar-refractivity contribution in [2.24, 2.45) is 5.73 Å². The monoisotopic (exact) mass is 278 g/mol. The quantitative estimate of drug-likeness (QED) is 0.896. The van der Waals surface area contributed by atoms with Gasteiger partial charge in [0.2, 0.25) is 0 Å². The van der Waals surface area contributed by atoms with Gasteiger partial charge in [0, 0.05) is 19.1 Å². The summed E-state index contributed by atoms with van der Waals surface area (Å²) in [5, 5.41) is 4.43. The first-order valence-electron chi connectivity index (χ1n) is 7.46. The van der Waals surface area contributed by atoms with E-state index in [0.717, 1.165) is 43.6 Å². The summed E-state index contributed by atoms with van der Waals surface area (Å²) in [4.78, 5) is 14.6. The molecule has 0 aromatic carbocycles. The summed E-state index contributed by atoms with van der Waals surface area (Å²) in [6.45, 7) is 9.89. The van der Waals surface area contributed by atoms with E-state index < -0.39 is 0 Å². The van der Waals surface area contributed by atoms with Crippen LogP contribution in [0.4, 0.5) is 0 Å². The van der Waals surface area contributed by atoms with Crippen molar-refractivity contribution in [3.8, 4) is 0 Å². The van der Waals surface area contributed by atoms with Crippen LogP contribution in [0.1, 0.15) is 56.6 Å². The van der Waals surface area contributed by atoms with Crippen LogP contribution in [0.3, 0.4) is 0 Å². The number of hydrogen-bond donors (Lipinski definition) is 1. The first-order valence-corrected chi connectivity index (χ1v) is 7.46. The van der Waals surface area contributed by atoms with Crippen molar-refractivity contribution in [2.45, 2.75) is 58.5 Å². The molecule has 1 amide bonds. The lowest BCUT2D eigenvalue weighted by molar-refractivity contribution is 0.0713. The van der Waals surface area contributed by atoms with Gasteiger partial charge in [0.15, 0.2) is 0 Å².